The van der Waals surface area contributed by atoms with Crippen molar-refractivity contribution in [1.82, 2.24) is 29.6 Å². The summed E-state index contributed by atoms with van der Waals surface area (Å²) >= 11 is 0. The van der Waals surface area contributed by atoms with Gasteiger partial charge in [-0.05, 0) is 55.6 Å². The number of para-hydroxylation sites is 1. The van der Waals surface area contributed by atoms with Crippen LogP contribution < -0.4 is 10.6 Å². The predicted molar refractivity (Wildman–Crippen MR) is 157 cm³/mol. The SMILES string of the molecule is O=C1NC2=CN(Cc3ccc4nc(NCCCN5CCOCC5)n(Cc5ccccc5O)c4c3)C=CC2N1C1CC1. The van der Waals surface area contributed by atoms with Gasteiger partial charge in [0.25, 0.3) is 0 Å². The third kappa shape index (κ3) is 5.49. The molecule has 10 heteroatoms. The molecule has 41 heavy (non-hydrogen) atoms. The smallest absolute Gasteiger partial charge is 0.322 e. The Morgan fingerprint density at radius 1 is 1.10 bits per heavy atom. The largest absolute Gasteiger partial charge is 0.508 e. The number of amides is 2. The number of hydrogen-bond acceptors (Lipinski definition) is 7. The van der Waals surface area contributed by atoms with E-state index in [-0.39, 0.29) is 17.8 Å². The zero-order valence-corrected chi connectivity index (χ0v) is 23.2. The van der Waals surface area contributed by atoms with Crippen LogP contribution in [0.4, 0.5) is 10.7 Å². The molecule has 1 unspecified atom stereocenters. The number of ether oxygens (including phenoxy) is 1. The number of imidazole rings is 1. The number of aromatic nitrogens is 2. The molecule has 0 spiro atoms. The molecule has 10 nitrogen and oxygen atoms in total. The first kappa shape index (κ1) is 25.9. The molecule has 2 saturated heterocycles. The van der Waals surface area contributed by atoms with E-state index in [1.807, 2.05) is 23.1 Å². The summed E-state index contributed by atoms with van der Waals surface area (Å²) in [5, 5.41) is 17.2. The molecule has 0 bridgehead atoms. The van der Waals surface area contributed by atoms with Crippen molar-refractivity contribution in [2.45, 2.75) is 44.4 Å². The lowest BCUT2D eigenvalue weighted by Crippen LogP contribution is -2.37. The molecule has 1 atom stereocenters. The van der Waals surface area contributed by atoms with Crippen molar-refractivity contribution in [3.8, 4) is 5.75 Å². The van der Waals surface area contributed by atoms with Crippen molar-refractivity contribution in [3.05, 3.63) is 77.8 Å². The number of hydrogen-bond donors (Lipinski definition) is 3. The van der Waals surface area contributed by atoms with Crippen LogP contribution in [0.5, 0.6) is 5.75 Å². The molecular formula is C31H37N7O3. The van der Waals surface area contributed by atoms with Gasteiger partial charge in [-0.15, -0.1) is 0 Å². The summed E-state index contributed by atoms with van der Waals surface area (Å²) in [5.41, 5.74) is 4.86. The van der Waals surface area contributed by atoms with Crippen LogP contribution in [-0.2, 0) is 17.8 Å². The fraction of sp³-hybridized carbons (Fsp3) is 0.419. The van der Waals surface area contributed by atoms with E-state index in [4.69, 9.17) is 9.72 Å². The Hall–Kier alpha value is -4.02. The number of benzene rings is 2. The molecule has 2 amide bonds. The molecule has 4 heterocycles. The maximum Gasteiger partial charge on any atom is 0.322 e. The van der Waals surface area contributed by atoms with Crippen LogP contribution in [0.3, 0.4) is 0 Å². The van der Waals surface area contributed by atoms with Gasteiger partial charge in [-0.2, -0.15) is 0 Å². The van der Waals surface area contributed by atoms with Crippen molar-refractivity contribution >= 4 is 23.0 Å². The minimum absolute atomic E-state index is 0.00899. The minimum atomic E-state index is 0.00899. The number of carbonyl (C=O) groups excluding carboxylic acids is 1. The summed E-state index contributed by atoms with van der Waals surface area (Å²) < 4.78 is 7.63. The van der Waals surface area contributed by atoms with E-state index < -0.39 is 0 Å². The lowest BCUT2D eigenvalue weighted by Gasteiger charge is -2.26. The van der Waals surface area contributed by atoms with Gasteiger partial charge >= 0.3 is 6.03 Å². The van der Waals surface area contributed by atoms with Crippen molar-refractivity contribution in [2.75, 3.05) is 44.7 Å². The van der Waals surface area contributed by atoms with Gasteiger partial charge in [0.1, 0.15) is 5.75 Å². The molecular weight excluding hydrogens is 518 g/mol. The third-order valence-corrected chi connectivity index (χ3v) is 8.34. The number of urea groups is 1. The first-order valence-corrected chi connectivity index (χ1v) is 14.7. The second kappa shape index (κ2) is 11.1. The molecule has 1 aliphatic carbocycles. The van der Waals surface area contributed by atoms with Gasteiger partial charge < -0.3 is 34.8 Å². The topological polar surface area (TPSA) is 98.1 Å². The highest BCUT2D eigenvalue weighted by Crippen LogP contribution is 2.35. The number of rotatable bonds is 10. The number of aromatic hydroxyl groups is 1. The van der Waals surface area contributed by atoms with Gasteiger partial charge in [0.05, 0.1) is 42.5 Å². The lowest BCUT2D eigenvalue weighted by atomic mass is 10.1. The number of morpholine rings is 1. The molecule has 2 aromatic carbocycles. The average molecular weight is 556 g/mol. The summed E-state index contributed by atoms with van der Waals surface area (Å²) in [7, 11) is 0. The highest BCUT2D eigenvalue weighted by Gasteiger charge is 2.43. The van der Waals surface area contributed by atoms with Gasteiger partial charge in [-0.25, -0.2) is 9.78 Å². The first-order chi connectivity index (χ1) is 20.1. The Balaban J connectivity index is 1.10. The van der Waals surface area contributed by atoms with E-state index in [1.54, 1.807) is 6.07 Å². The van der Waals surface area contributed by atoms with E-state index >= 15 is 0 Å². The van der Waals surface area contributed by atoms with Gasteiger partial charge in [0.2, 0.25) is 5.95 Å². The van der Waals surface area contributed by atoms with Crippen LogP contribution in [0.15, 0.2) is 66.6 Å². The summed E-state index contributed by atoms with van der Waals surface area (Å²) in [4.78, 5) is 24.0. The lowest BCUT2D eigenvalue weighted by molar-refractivity contribution is 0.0378. The molecule has 4 aliphatic rings. The molecule has 3 aromatic rings. The van der Waals surface area contributed by atoms with Crippen LogP contribution in [-0.4, -0.2) is 86.9 Å². The molecule has 3 N–H and O–H groups in total. The zero-order valence-electron chi connectivity index (χ0n) is 23.2. The molecule has 1 saturated carbocycles. The van der Waals surface area contributed by atoms with Crippen LogP contribution in [0.25, 0.3) is 11.0 Å². The second-order valence-electron chi connectivity index (χ2n) is 11.3. The molecule has 214 valence electrons. The van der Waals surface area contributed by atoms with Crippen molar-refractivity contribution < 1.29 is 14.6 Å². The van der Waals surface area contributed by atoms with Crippen LogP contribution >= 0.6 is 0 Å². The third-order valence-electron chi connectivity index (χ3n) is 8.34. The normalized spacial score (nSPS) is 20.8. The monoisotopic (exact) mass is 555 g/mol. The number of carbonyl (C=O) groups is 1. The van der Waals surface area contributed by atoms with Crippen molar-refractivity contribution in [1.29, 1.82) is 0 Å². The van der Waals surface area contributed by atoms with Crippen LogP contribution in [0.2, 0.25) is 0 Å². The molecule has 3 aliphatic heterocycles. The quantitative estimate of drug-likeness (QED) is 0.329. The highest BCUT2D eigenvalue weighted by atomic mass is 16.5. The number of nitrogens with zero attached hydrogens (tertiary/aromatic N) is 5. The number of fused-ring (bicyclic) bond motifs is 2. The Kier molecular flexibility index (Phi) is 7.02. The minimum Gasteiger partial charge on any atom is -0.508 e. The highest BCUT2D eigenvalue weighted by molar-refractivity contribution is 5.82. The van der Waals surface area contributed by atoms with E-state index in [0.717, 1.165) is 92.5 Å². The number of phenols is 1. The molecule has 0 radical (unpaired) electrons. The second-order valence-corrected chi connectivity index (χ2v) is 11.3. The maximum atomic E-state index is 12.5. The van der Waals surface area contributed by atoms with E-state index in [1.165, 1.54) is 0 Å². The summed E-state index contributed by atoms with van der Waals surface area (Å²) in [6.07, 6.45) is 9.44. The molecule has 7 rings (SSSR count). The van der Waals surface area contributed by atoms with Gasteiger partial charge in [0, 0.05) is 50.2 Å². The Morgan fingerprint density at radius 3 is 2.78 bits per heavy atom. The van der Waals surface area contributed by atoms with E-state index in [0.29, 0.717) is 19.1 Å². The maximum absolute atomic E-state index is 12.5. The van der Waals surface area contributed by atoms with Crippen molar-refractivity contribution in [2.24, 2.45) is 0 Å². The fourth-order valence-corrected chi connectivity index (χ4v) is 6.02. The Bertz CT molecular complexity index is 1490. The van der Waals surface area contributed by atoms with Gasteiger partial charge in [-0.3, -0.25) is 4.90 Å². The Morgan fingerprint density at radius 2 is 1.95 bits per heavy atom. The van der Waals surface area contributed by atoms with E-state index in [9.17, 15) is 9.90 Å². The predicted octanol–water partition coefficient (Wildman–Crippen LogP) is 3.65. The van der Waals surface area contributed by atoms with E-state index in [2.05, 4.69) is 61.7 Å². The molecule has 1 aromatic heterocycles. The average Bonchev–Trinajstić information content (AvgIpc) is 3.69. The van der Waals surface area contributed by atoms with Crippen LogP contribution in [0, 0.1) is 0 Å². The molecule has 3 fully saturated rings. The Labute approximate surface area is 239 Å². The first-order valence-electron chi connectivity index (χ1n) is 14.7. The van der Waals surface area contributed by atoms with Gasteiger partial charge in [0.15, 0.2) is 0 Å². The van der Waals surface area contributed by atoms with Gasteiger partial charge in [-0.1, -0.05) is 24.3 Å². The summed E-state index contributed by atoms with van der Waals surface area (Å²) in [6, 6.07) is 14.2. The summed E-state index contributed by atoms with van der Waals surface area (Å²) in [5.74, 6) is 1.08. The summed E-state index contributed by atoms with van der Waals surface area (Å²) in [6.45, 7) is 6.62. The van der Waals surface area contributed by atoms with Crippen molar-refractivity contribution in [3.63, 3.8) is 0 Å². The standard InChI is InChI=1S/C31H37N7O3/c39-29-5-2-1-4-23(29)20-37-28-18-22(19-36-13-10-27-26(21-36)34-31(40)38(27)24-7-8-24)6-9-25(28)33-30(37)32-11-3-12-35-14-16-41-17-15-35/h1-2,4-6,9-10,13,18,21,24,27,39H,3,7-8,11-12,14-17,19-20H2,(H,32,33)(H,34,40). The fourth-order valence-electron chi connectivity index (χ4n) is 6.02. The number of phenolic OH excluding ortho intramolecular Hbond substituents is 1. The number of anilines is 1. The van der Waals surface area contributed by atoms with Crippen LogP contribution in [0.1, 0.15) is 30.4 Å². The zero-order chi connectivity index (χ0) is 27.8. The number of nitrogens with one attached hydrogen (secondary N) is 2.